The first-order chi connectivity index (χ1) is 10.6. The van der Waals surface area contributed by atoms with Gasteiger partial charge in [0.15, 0.2) is 0 Å². The van der Waals surface area contributed by atoms with Gasteiger partial charge in [0, 0.05) is 17.7 Å². The molecule has 22 heavy (non-hydrogen) atoms. The number of urea groups is 1. The Hall–Kier alpha value is -1.26. The van der Waals surface area contributed by atoms with Crippen LogP contribution in [-0.4, -0.2) is 23.8 Å². The fraction of sp³-hybridized carbons (Fsp3) is 0.588. The van der Waals surface area contributed by atoms with Crippen molar-refractivity contribution in [1.29, 1.82) is 0 Å². The van der Waals surface area contributed by atoms with E-state index < -0.39 is 0 Å². The number of aliphatic hydroxyl groups excluding tert-OH is 1. The van der Waals surface area contributed by atoms with Gasteiger partial charge in [-0.3, -0.25) is 0 Å². The number of benzene rings is 1. The fourth-order valence-corrected chi connectivity index (χ4v) is 3.39. The summed E-state index contributed by atoms with van der Waals surface area (Å²) >= 11 is 6.11. The molecule has 1 fully saturated rings. The van der Waals surface area contributed by atoms with Gasteiger partial charge in [-0.25, -0.2) is 4.79 Å². The molecule has 0 saturated heterocycles. The standard InChI is InChI=1S/C17H25ClN2O2/c1-13(6-5-11-21)19-16(22)20-17(9-2-3-10-17)14-7-4-8-15(18)12-14/h4,7-8,12-13,21H,2-3,5-6,9-11H2,1H3,(H2,19,20,22). The number of nitrogens with one attached hydrogen (secondary N) is 2. The van der Waals surface area contributed by atoms with E-state index in [1.54, 1.807) is 0 Å². The molecule has 0 bridgehead atoms. The van der Waals surface area contributed by atoms with Crippen molar-refractivity contribution in [2.75, 3.05) is 6.61 Å². The first-order valence-electron chi connectivity index (χ1n) is 8.01. The van der Waals surface area contributed by atoms with Gasteiger partial charge >= 0.3 is 6.03 Å². The van der Waals surface area contributed by atoms with Crippen LogP contribution in [0.1, 0.15) is 51.0 Å². The van der Waals surface area contributed by atoms with Crippen LogP contribution in [0.2, 0.25) is 5.02 Å². The van der Waals surface area contributed by atoms with E-state index in [4.69, 9.17) is 16.7 Å². The summed E-state index contributed by atoms with van der Waals surface area (Å²) < 4.78 is 0. The molecule has 2 rings (SSSR count). The second-order valence-corrected chi connectivity index (χ2v) is 6.60. The molecule has 1 aromatic rings. The van der Waals surface area contributed by atoms with Gasteiger partial charge in [0.1, 0.15) is 0 Å². The number of halogens is 1. The molecule has 1 aliphatic carbocycles. The molecule has 1 aliphatic rings. The number of carbonyl (C=O) groups excluding carboxylic acids is 1. The second-order valence-electron chi connectivity index (χ2n) is 6.16. The van der Waals surface area contributed by atoms with Gasteiger partial charge in [-0.05, 0) is 50.3 Å². The summed E-state index contributed by atoms with van der Waals surface area (Å²) in [5.41, 5.74) is 0.766. The number of aliphatic hydroxyl groups is 1. The minimum atomic E-state index is -0.314. The zero-order valence-electron chi connectivity index (χ0n) is 13.1. The molecular weight excluding hydrogens is 300 g/mol. The van der Waals surface area contributed by atoms with E-state index in [-0.39, 0.29) is 24.2 Å². The van der Waals surface area contributed by atoms with Crippen LogP contribution in [0.15, 0.2) is 24.3 Å². The van der Waals surface area contributed by atoms with Crippen molar-refractivity contribution in [2.24, 2.45) is 0 Å². The lowest BCUT2D eigenvalue weighted by molar-refractivity contribution is 0.219. The predicted molar refractivity (Wildman–Crippen MR) is 89.0 cm³/mol. The first kappa shape index (κ1) is 17.1. The van der Waals surface area contributed by atoms with Crippen LogP contribution in [0.5, 0.6) is 0 Å². The third-order valence-corrected chi connectivity index (χ3v) is 4.59. The van der Waals surface area contributed by atoms with Crippen LogP contribution >= 0.6 is 11.6 Å². The number of amides is 2. The zero-order valence-corrected chi connectivity index (χ0v) is 13.8. The molecule has 2 amide bonds. The highest BCUT2D eigenvalue weighted by Gasteiger charge is 2.37. The summed E-state index contributed by atoms with van der Waals surface area (Å²) in [5, 5.41) is 15.7. The molecular formula is C17H25ClN2O2. The lowest BCUT2D eigenvalue weighted by Crippen LogP contribution is -2.50. The van der Waals surface area contributed by atoms with Crippen molar-refractivity contribution in [3.05, 3.63) is 34.9 Å². The first-order valence-corrected chi connectivity index (χ1v) is 8.39. The lowest BCUT2D eigenvalue weighted by Gasteiger charge is -2.32. The monoisotopic (exact) mass is 324 g/mol. The number of carbonyl (C=O) groups is 1. The molecule has 1 unspecified atom stereocenters. The van der Waals surface area contributed by atoms with Crippen molar-refractivity contribution in [3.63, 3.8) is 0 Å². The summed E-state index contributed by atoms with van der Waals surface area (Å²) in [7, 11) is 0. The van der Waals surface area contributed by atoms with Crippen LogP contribution < -0.4 is 10.6 Å². The van der Waals surface area contributed by atoms with Crippen molar-refractivity contribution < 1.29 is 9.90 Å². The molecule has 3 N–H and O–H groups in total. The highest BCUT2D eigenvalue weighted by atomic mass is 35.5. The van der Waals surface area contributed by atoms with Crippen LogP contribution in [-0.2, 0) is 5.54 Å². The summed E-state index contributed by atoms with van der Waals surface area (Å²) in [6, 6.07) is 7.67. The van der Waals surface area contributed by atoms with Crippen molar-refractivity contribution in [3.8, 4) is 0 Å². The van der Waals surface area contributed by atoms with Crippen molar-refractivity contribution in [1.82, 2.24) is 10.6 Å². The maximum atomic E-state index is 12.3. The Morgan fingerprint density at radius 3 is 2.77 bits per heavy atom. The van der Waals surface area contributed by atoms with E-state index in [0.717, 1.165) is 37.7 Å². The average molecular weight is 325 g/mol. The number of rotatable bonds is 6. The van der Waals surface area contributed by atoms with Crippen LogP contribution in [0.3, 0.4) is 0 Å². The van der Waals surface area contributed by atoms with E-state index in [2.05, 4.69) is 10.6 Å². The lowest BCUT2D eigenvalue weighted by atomic mass is 9.88. The Balaban J connectivity index is 2.04. The molecule has 0 radical (unpaired) electrons. The van der Waals surface area contributed by atoms with Crippen LogP contribution in [0.4, 0.5) is 4.79 Å². The quantitative estimate of drug-likeness (QED) is 0.749. The Kier molecular flexibility index (Phi) is 6.09. The maximum Gasteiger partial charge on any atom is 0.315 e. The second kappa shape index (κ2) is 7.84. The van der Waals surface area contributed by atoms with E-state index in [0.29, 0.717) is 11.4 Å². The summed E-state index contributed by atoms with van der Waals surface area (Å²) in [4.78, 5) is 12.3. The Labute approximate surface area is 137 Å². The SMILES string of the molecule is CC(CCCO)NC(=O)NC1(c2cccc(Cl)c2)CCCC1. The van der Waals surface area contributed by atoms with Crippen molar-refractivity contribution in [2.45, 2.75) is 57.0 Å². The van der Waals surface area contributed by atoms with E-state index in [1.807, 2.05) is 31.2 Å². The third kappa shape index (κ3) is 4.37. The fourth-order valence-electron chi connectivity index (χ4n) is 3.20. The van der Waals surface area contributed by atoms with Gasteiger partial charge in [-0.1, -0.05) is 36.6 Å². The Bertz CT molecular complexity index is 501. The molecule has 1 aromatic carbocycles. The van der Waals surface area contributed by atoms with Gasteiger partial charge in [0.25, 0.3) is 0 Å². The van der Waals surface area contributed by atoms with Gasteiger partial charge < -0.3 is 15.7 Å². The smallest absolute Gasteiger partial charge is 0.315 e. The van der Waals surface area contributed by atoms with Gasteiger partial charge in [0.05, 0.1) is 5.54 Å². The van der Waals surface area contributed by atoms with E-state index in [9.17, 15) is 4.79 Å². The molecule has 122 valence electrons. The van der Waals surface area contributed by atoms with Gasteiger partial charge in [-0.15, -0.1) is 0 Å². The molecule has 0 spiro atoms. The molecule has 1 saturated carbocycles. The molecule has 0 aromatic heterocycles. The summed E-state index contributed by atoms with van der Waals surface area (Å²) in [6.07, 6.45) is 5.55. The largest absolute Gasteiger partial charge is 0.396 e. The van der Waals surface area contributed by atoms with Crippen molar-refractivity contribution >= 4 is 17.6 Å². The van der Waals surface area contributed by atoms with E-state index in [1.165, 1.54) is 0 Å². The van der Waals surface area contributed by atoms with Crippen LogP contribution in [0, 0.1) is 0 Å². The zero-order chi connectivity index (χ0) is 16.0. The molecule has 1 atom stereocenters. The third-order valence-electron chi connectivity index (χ3n) is 4.36. The summed E-state index contributed by atoms with van der Waals surface area (Å²) in [6.45, 7) is 2.11. The number of hydrogen-bond donors (Lipinski definition) is 3. The Morgan fingerprint density at radius 2 is 2.14 bits per heavy atom. The molecule has 5 heteroatoms. The maximum absolute atomic E-state index is 12.3. The van der Waals surface area contributed by atoms with Crippen LogP contribution in [0.25, 0.3) is 0 Å². The van der Waals surface area contributed by atoms with E-state index >= 15 is 0 Å². The molecule has 0 aliphatic heterocycles. The minimum absolute atomic E-state index is 0.0463. The minimum Gasteiger partial charge on any atom is -0.396 e. The van der Waals surface area contributed by atoms with Gasteiger partial charge in [-0.2, -0.15) is 0 Å². The van der Waals surface area contributed by atoms with Gasteiger partial charge in [0.2, 0.25) is 0 Å². The Morgan fingerprint density at radius 1 is 1.41 bits per heavy atom. The predicted octanol–water partition coefficient (Wildman–Crippen LogP) is 3.57. The average Bonchev–Trinajstić information content (AvgIpc) is 2.94. The summed E-state index contributed by atoms with van der Waals surface area (Å²) in [5.74, 6) is 0. The molecule has 4 nitrogen and oxygen atoms in total. The highest BCUT2D eigenvalue weighted by molar-refractivity contribution is 6.30. The molecule has 0 heterocycles. The normalized spacial score (nSPS) is 18.0. The topological polar surface area (TPSA) is 61.4 Å². The number of hydrogen-bond acceptors (Lipinski definition) is 2. The highest BCUT2D eigenvalue weighted by Crippen LogP contribution is 2.39.